The van der Waals surface area contributed by atoms with Crippen LogP contribution in [0.3, 0.4) is 0 Å². The average molecular weight is 451 g/mol. The van der Waals surface area contributed by atoms with Gasteiger partial charge in [0.15, 0.2) is 0 Å². The normalized spacial score (nSPS) is 14.7. The molecule has 1 saturated heterocycles. The molecule has 0 aliphatic carbocycles. The summed E-state index contributed by atoms with van der Waals surface area (Å²) in [6, 6.07) is 22.2. The number of carbonyl (C=O) groups is 2. The van der Waals surface area contributed by atoms with Crippen LogP contribution in [0, 0.1) is 0 Å². The summed E-state index contributed by atoms with van der Waals surface area (Å²) < 4.78 is 30.8. The third-order valence-corrected chi connectivity index (χ3v) is 6.96. The van der Waals surface area contributed by atoms with E-state index in [4.69, 9.17) is 4.74 Å². The van der Waals surface area contributed by atoms with Gasteiger partial charge >= 0.3 is 5.97 Å². The number of nitrogens with one attached hydrogen (secondary N) is 1. The van der Waals surface area contributed by atoms with Crippen LogP contribution in [0.4, 0.5) is 5.69 Å². The van der Waals surface area contributed by atoms with E-state index in [1.54, 1.807) is 30.3 Å². The van der Waals surface area contributed by atoms with Crippen molar-refractivity contribution in [3.05, 3.63) is 95.6 Å². The fraction of sp³-hybridized carbons (Fsp3) is 0.167. The van der Waals surface area contributed by atoms with E-state index in [1.165, 1.54) is 22.5 Å². The number of carbonyl (C=O) groups excluding carboxylic acids is 2. The van der Waals surface area contributed by atoms with Gasteiger partial charge < -0.3 is 10.1 Å². The number of ether oxygens (including phenoxy) is 1. The Bertz CT molecular complexity index is 1220. The quantitative estimate of drug-likeness (QED) is 0.459. The second-order valence-corrected chi connectivity index (χ2v) is 9.39. The van der Waals surface area contributed by atoms with Gasteiger partial charge in [0.25, 0.3) is 5.91 Å². The highest BCUT2D eigenvalue weighted by Gasteiger charge is 2.28. The highest BCUT2D eigenvalue weighted by molar-refractivity contribution is 7.93. The first-order valence-electron chi connectivity index (χ1n) is 10.2. The predicted molar refractivity (Wildman–Crippen MR) is 121 cm³/mol. The zero-order valence-corrected chi connectivity index (χ0v) is 18.0. The summed E-state index contributed by atoms with van der Waals surface area (Å²) in [4.78, 5) is 24.9. The van der Waals surface area contributed by atoms with E-state index in [0.717, 1.165) is 5.56 Å². The maximum atomic E-state index is 12.5. The van der Waals surface area contributed by atoms with Gasteiger partial charge in [0.05, 0.1) is 17.0 Å². The molecule has 1 N–H and O–H groups in total. The number of esters is 1. The molecule has 8 heteroatoms. The van der Waals surface area contributed by atoms with Crippen LogP contribution in [0.25, 0.3) is 0 Å². The molecule has 0 saturated carbocycles. The van der Waals surface area contributed by atoms with Crippen molar-refractivity contribution in [2.75, 3.05) is 16.6 Å². The van der Waals surface area contributed by atoms with Crippen molar-refractivity contribution in [1.29, 1.82) is 0 Å². The Morgan fingerprint density at radius 1 is 0.906 bits per heavy atom. The van der Waals surface area contributed by atoms with E-state index in [0.29, 0.717) is 30.8 Å². The molecule has 0 aromatic heterocycles. The molecule has 1 heterocycles. The van der Waals surface area contributed by atoms with E-state index in [-0.39, 0.29) is 23.0 Å². The van der Waals surface area contributed by atoms with Crippen LogP contribution in [-0.4, -0.2) is 32.6 Å². The summed E-state index contributed by atoms with van der Waals surface area (Å²) in [6.07, 6.45) is 0.585. The molecule has 164 valence electrons. The van der Waals surface area contributed by atoms with Crippen molar-refractivity contribution in [1.82, 2.24) is 5.32 Å². The first-order valence-corrected chi connectivity index (χ1v) is 11.8. The van der Waals surface area contributed by atoms with Gasteiger partial charge in [-0.2, -0.15) is 0 Å². The first kappa shape index (κ1) is 21.6. The van der Waals surface area contributed by atoms with Crippen molar-refractivity contribution in [2.24, 2.45) is 0 Å². The fourth-order valence-electron chi connectivity index (χ4n) is 3.44. The zero-order valence-electron chi connectivity index (χ0n) is 17.2. The van der Waals surface area contributed by atoms with Gasteiger partial charge in [0, 0.05) is 18.7 Å². The molecular weight excluding hydrogens is 428 g/mol. The molecular formula is C24H22N2O5S. The van der Waals surface area contributed by atoms with Crippen LogP contribution in [0.15, 0.2) is 78.9 Å². The smallest absolute Gasteiger partial charge is 0.343 e. The van der Waals surface area contributed by atoms with Crippen molar-refractivity contribution in [3.63, 3.8) is 0 Å². The molecule has 0 bridgehead atoms. The topological polar surface area (TPSA) is 92.8 Å². The summed E-state index contributed by atoms with van der Waals surface area (Å²) in [6.45, 7) is 0.827. The SMILES string of the molecule is O=C(NCc1ccccc1)c1cccc(OC(=O)c2ccc(N3CCCS3(=O)=O)cc2)c1. The van der Waals surface area contributed by atoms with Gasteiger partial charge in [-0.15, -0.1) is 0 Å². The van der Waals surface area contributed by atoms with Gasteiger partial charge in [-0.05, 0) is 54.4 Å². The molecule has 3 aromatic rings. The average Bonchev–Trinajstić information content (AvgIpc) is 3.17. The van der Waals surface area contributed by atoms with Crippen LogP contribution >= 0.6 is 0 Å². The number of rotatable bonds is 6. The van der Waals surface area contributed by atoms with Crippen molar-refractivity contribution < 1.29 is 22.7 Å². The number of amides is 1. The van der Waals surface area contributed by atoms with Crippen LogP contribution in [-0.2, 0) is 16.6 Å². The Balaban J connectivity index is 1.39. The summed E-state index contributed by atoms with van der Waals surface area (Å²) in [5.74, 6) is -0.495. The Labute approximate surface area is 186 Å². The largest absolute Gasteiger partial charge is 0.423 e. The second kappa shape index (κ2) is 9.23. The van der Waals surface area contributed by atoms with Crippen LogP contribution in [0.5, 0.6) is 5.75 Å². The highest BCUT2D eigenvalue weighted by atomic mass is 32.2. The van der Waals surface area contributed by atoms with Crippen LogP contribution in [0.1, 0.15) is 32.7 Å². The maximum absolute atomic E-state index is 12.5. The molecule has 0 unspecified atom stereocenters. The third-order valence-electron chi connectivity index (χ3n) is 5.09. The molecule has 1 aliphatic rings. The zero-order chi connectivity index (χ0) is 22.6. The highest BCUT2D eigenvalue weighted by Crippen LogP contribution is 2.24. The van der Waals surface area contributed by atoms with Crippen LogP contribution < -0.4 is 14.4 Å². The minimum Gasteiger partial charge on any atom is -0.423 e. The Kier molecular flexibility index (Phi) is 6.23. The van der Waals surface area contributed by atoms with E-state index in [2.05, 4.69) is 5.32 Å². The summed E-state index contributed by atoms with van der Waals surface area (Å²) in [7, 11) is -3.28. The minimum absolute atomic E-state index is 0.131. The molecule has 0 atom stereocenters. The maximum Gasteiger partial charge on any atom is 0.343 e. The Morgan fingerprint density at radius 3 is 2.34 bits per heavy atom. The predicted octanol–water partition coefficient (Wildman–Crippen LogP) is 3.38. The number of nitrogens with zero attached hydrogens (tertiary/aromatic N) is 1. The van der Waals surface area contributed by atoms with Crippen molar-refractivity contribution in [2.45, 2.75) is 13.0 Å². The van der Waals surface area contributed by atoms with Gasteiger partial charge in [0.2, 0.25) is 10.0 Å². The number of hydrogen-bond acceptors (Lipinski definition) is 5. The number of benzene rings is 3. The van der Waals surface area contributed by atoms with E-state index in [1.807, 2.05) is 30.3 Å². The molecule has 1 amide bonds. The molecule has 1 fully saturated rings. The third kappa shape index (κ3) is 4.97. The molecule has 4 rings (SSSR count). The lowest BCUT2D eigenvalue weighted by molar-refractivity contribution is 0.0733. The number of anilines is 1. The Morgan fingerprint density at radius 2 is 1.66 bits per heavy atom. The van der Waals surface area contributed by atoms with E-state index in [9.17, 15) is 18.0 Å². The van der Waals surface area contributed by atoms with E-state index >= 15 is 0 Å². The monoisotopic (exact) mass is 450 g/mol. The van der Waals surface area contributed by atoms with Gasteiger partial charge in [-0.25, -0.2) is 13.2 Å². The van der Waals surface area contributed by atoms with Gasteiger partial charge in [-0.3, -0.25) is 9.10 Å². The summed E-state index contributed by atoms with van der Waals surface area (Å²) in [5, 5.41) is 2.83. The molecule has 1 aliphatic heterocycles. The Hall–Kier alpha value is -3.65. The molecule has 32 heavy (non-hydrogen) atoms. The first-order chi connectivity index (χ1) is 15.4. The number of hydrogen-bond donors (Lipinski definition) is 1. The van der Waals surface area contributed by atoms with Gasteiger partial charge in [0.1, 0.15) is 5.75 Å². The molecule has 3 aromatic carbocycles. The lowest BCUT2D eigenvalue weighted by atomic mass is 10.1. The van der Waals surface area contributed by atoms with E-state index < -0.39 is 16.0 Å². The summed E-state index contributed by atoms with van der Waals surface area (Å²) >= 11 is 0. The van der Waals surface area contributed by atoms with Crippen molar-refractivity contribution in [3.8, 4) is 5.75 Å². The van der Waals surface area contributed by atoms with Crippen LogP contribution in [0.2, 0.25) is 0 Å². The van der Waals surface area contributed by atoms with Gasteiger partial charge in [-0.1, -0.05) is 36.4 Å². The molecule has 7 nitrogen and oxygen atoms in total. The van der Waals surface area contributed by atoms with Crippen molar-refractivity contribution >= 4 is 27.6 Å². The molecule has 0 spiro atoms. The minimum atomic E-state index is -3.28. The lowest BCUT2D eigenvalue weighted by Crippen LogP contribution is -2.25. The lowest BCUT2D eigenvalue weighted by Gasteiger charge is -2.16. The molecule has 0 radical (unpaired) electrons. The fourth-order valence-corrected chi connectivity index (χ4v) is 5.00. The standard InChI is InChI=1S/C24H22N2O5S/c27-23(25-17-18-6-2-1-3-7-18)20-8-4-9-22(16-20)31-24(28)19-10-12-21(13-11-19)26-14-5-15-32(26,29)30/h1-4,6-13,16H,5,14-15,17H2,(H,25,27). The second-order valence-electron chi connectivity index (χ2n) is 7.37. The number of sulfonamides is 1. The summed E-state index contributed by atoms with van der Waals surface area (Å²) in [5.41, 5.74) is 2.16.